The molecule has 0 N–H and O–H groups in total. The molecule has 2 aliphatic rings. The Morgan fingerprint density at radius 3 is 2.89 bits per heavy atom. The summed E-state index contributed by atoms with van der Waals surface area (Å²) in [5.74, 6) is 2.17. The predicted molar refractivity (Wildman–Crippen MR) is 70.6 cm³/mol. The van der Waals surface area contributed by atoms with E-state index in [4.69, 9.17) is 9.26 Å². The molecular weight excluding hydrogens is 242 g/mol. The lowest BCUT2D eigenvalue weighted by molar-refractivity contribution is -0.151. The third-order valence-corrected chi connectivity index (χ3v) is 4.72. The van der Waals surface area contributed by atoms with Gasteiger partial charge in [-0.25, -0.2) is 0 Å². The molecule has 2 heterocycles. The molecule has 5 nitrogen and oxygen atoms in total. The molecule has 106 valence electrons. The summed E-state index contributed by atoms with van der Waals surface area (Å²) in [5, 5.41) is 4.04. The Morgan fingerprint density at radius 1 is 1.42 bits per heavy atom. The van der Waals surface area contributed by atoms with Gasteiger partial charge >= 0.3 is 0 Å². The first-order chi connectivity index (χ1) is 9.04. The van der Waals surface area contributed by atoms with Crippen molar-refractivity contribution in [3.8, 4) is 0 Å². The zero-order valence-electron chi connectivity index (χ0n) is 12.2. The maximum Gasteiger partial charge on any atom is 0.226 e. The van der Waals surface area contributed by atoms with Gasteiger partial charge in [0.15, 0.2) is 5.82 Å². The van der Waals surface area contributed by atoms with Crippen LogP contribution in [0.1, 0.15) is 38.9 Å². The fraction of sp³-hybridized carbons (Fsp3) is 0.857. The molecule has 0 aromatic carbocycles. The van der Waals surface area contributed by atoms with Crippen molar-refractivity contribution in [3.63, 3.8) is 0 Å². The highest BCUT2D eigenvalue weighted by Gasteiger charge is 2.60. The molecule has 0 radical (unpaired) electrons. The van der Waals surface area contributed by atoms with Crippen molar-refractivity contribution < 1.29 is 9.26 Å². The number of aryl methyl sites for hydroxylation is 1. The minimum Gasteiger partial charge on any atom is -0.377 e. The lowest BCUT2D eigenvalue weighted by atomic mass is 9.57. The van der Waals surface area contributed by atoms with Crippen molar-refractivity contribution in [1.82, 2.24) is 15.0 Å². The van der Waals surface area contributed by atoms with E-state index in [0.29, 0.717) is 18.1 Å². The summed E-state index contributed by atoms with van der Waals surface area (Å²) in [4.78, 5) is 6.75. The molecule has 0 unspecified atom stereocenters. The summed E-state index contributed by atoms with van der Waals surface area (Å²) >= 11 is 0. The first-order valence-corrected chi connectivity index (χ1v) is 7.17. The monoisotopic (exact) mass is 265 g/mol. The lowest BCUT2D eigenvalue weighted by Gasteiger charge is -2.57. The quantitative estimate of drug-likeness (QED) is 0.832. The van der Waals surface area contributed by atoms with E-state index in [1.807, 2.05) is 6.92 Å². The number of nitrogens with zero attached hydrogens (tertiary/aromatic N) is 3. The number of hydrogen-bond acceptors (Lipinski definition) is 5. The second-order valence-corrected chi connectivity index (χ2v) is 6.38. The summed E-state index contributed by atoms with van der Waals surface area (Å²) in [6, 6.07) is 0.545. The lowest BCUT2D eigenvalue weighted by Crippen LogP contribution is -2.65. The molecular formula is C14H23N3O2. The fourth-order valence-corrected chi connectivity index (χ4v) is 4.01. The van der Waals surface area contributed by atoms with Crippen LogP contribution in [-0.4, -0.2) is 40.8 Å². The van der Waals surface area contributed by atoms with Crippen molar-refractivity contribution in [1.29, 1.82) is 0 Å². The molecule has 1 aliphatic heterocycles. The van der Waals surface area contributed by atoms with Gasteiger partial charge < -0.3 is 9.26 Å². The molecule has 0 amide bonds. The van der Waals surface area contributed by atoms with Gasteiger partial charge in [-0.3, -0.25) is 4.90 Å². The number of rotatable bonds is 4. The fourth-order valence-electron chi connectivity index (χ4n) is 4.01. The van der Waals surface area contributed by atoms with E-state index in [9.17, 15) is 0 Å². The molecule has 1 aromatic rings. The third kappa shape index (κ3) is 1.99. The van der Waals surface area contributed by atoms with E-state index in [2.05, 4.69) is 35.9 Å². The average Bonchev–Trinajstić information content (AvgIpc) is 2.96. The SMILES string of the molecule is CCc1nc(CN(C)[C@@H]2[C@@H]3CCO[C@@H]3C2(C)C)no1. The van der Waals surface area contributed by atoms with E-state index in [1.165, 1.54) is 6.42 Å². The Labute approximate surface area is 114 Å². The molecule has 1 saturated carbocycles. The summed E-state index contributed by atoms with van der Waals surface area (Å²) in [7, 11) is 2.16. The average molecular weight is 265 g/mol. The molecule has 2 fully saturated rings. The molecule has 1 aliphatic carbocycles. The summed E-state index contributed by atoms with van der Waals surface area (Å²) in [5.41, 5.74) is 0.216. The summed E-state index contributed by atoms with van der Waals surface area (Å²) in [6.07, 6.45) is 2.40. The topological polar surface area (TPSA) is 51.4 Å². The van der Waals surface area contributed by atoms with Gasteiger partial charge in [0, 0.05) is 30.4 Å². The second kappa shape index (κ2) is 4.56. The van der Waals surface area contributed by atoms with Gasteiger partial charge in [-0.15, -0.1) is 0 Å². The van der Waals surface area contributed by atoms with Crippen LogP contribution in [0.15, 0.2) is 4.52 Å². The van der Waals surface area contributed by atoms with E-state index in [0.717, 1.165) is 31.3 Å². The number of fused-ring (bicyclic) bond motifs is 1. The molecule has 1 saturated heterocycles. The van der Waals surface area contributed by atoms with Crippen LogP contribution in [0.2, 0.25) is 0 Å². The first kappa shape index (κ1) is 13.1. The number of hydrogen-bond donors (Lipinski definition) is 0. The van der Waals surface area contributed by atoms with Crippen LogP contribution in [-0.2, 0) is 17.7 Å². The van der Waals surface area contributed by atoms with Gasteiger partial charge in [-0.05, 0) is 13.5 Å². The van der Waals surface area contributed by atoms with Gasteiger partial charge in [-0.1, -0.05) is 25.9 Å². The van der Waals surface area contributed by atoms with Crippen molar-refractivity contribution in [2.24, 2.45) is 11.3 Å². The minimum atomic E-state index is 0.216. The molecule has 3 atom stereocenters. The highest BCUT2D eigenvalue weighted by atomic mass is 16.5. The molecule has 1 aromatic heterocycles. The van der Waals surface area contributed by atoms with Gasteiger partial charge in [0.05, 0.1) is 12.6 Å². The predicted octanol–water partition coefficient (Wildman–Crippen LogP) is 1.88. The van der Waals surface area contributed by atoms with E-state index >= 15 is 0 Å². The smallest absolute Gasteiger partial charge is 0.226 e. The minimum absolute atomic E-state index is 0.216. The van der Waals surface area contributed by atoms with E-state index < -0.39 is 0 Å². The highest BCUT2D eigenvalue weighted by molar-refractivity contribution is 5.11. The van der Waals surface area contributed by atoms with E-state index in [-0.39, 0.29) is 5.41 Å². The molecule has 5 heteroatoms. The van der Waals surface area contributed by atoms with Crippen LogP contribution >= 0.6 is 0 Å². The van der Waals surface area contributed by atoms with Crippen LogP contribution < -0.4 is 0 Å². The Kier molecular flexibility index (Phi) is 3.14. The zero-order valence-corrected chi connectivity index (χ0v) is 12.2. The molecule has 3 rings (SSSR count). The zero-order chi connectivity index (χ0) is 13.6. The number of aromatic nitrogens is 2. The van der Waals surface area contributed by atoms with Crippen LogP contribution in [0.25, 0.3) is 0 Å². The maximum atomic E-state index is 5.84. The largest absolute Gasteiger partial charge is 0.377 e. The van der Waals surface area contributed by atoms with E-state index in [1.54, 1.807) is 0 Å². The van der Waals surface area contributed by atoms with Crippen LogP contribution in [0.3, 0.4) is 0 Å². The molecule has 0 spiro atoms. The third-order valence-electron chi connectivity index (χ3n) is 4.72. The van der Waals surface area contributed by atoms with Crippen molar-refractivity contribution in [2.45, 2.75) is 52.3 Å². The maximum absolute atomic E-state index is 5.84. The van der Waals surface area contributed by atoms with Crippen molar-refractivity contribution in [3.05, 3.63) is 11.7 Å². The second-order valence-electron chi connectivity index (χ2n) is 6.38. The Bertz CT molecular complexity index is 457. The first-order valence-electron chi connectivity index (χ1n) is 7.17. The molecule has 19 heavy (non-hydrogen) atoms. The standard InChI is InChI=1S/C14H23N3O2/c1-5-11-15-10(16-19-11)8-17(4)12-9-6-7-18-13(9)14(12,2)3/h9,12-13H,5-8H2,1-4H3/t9-,12+,13-/m0/s1. The van der Waals surface area contributed by atoms with Crippen molar-refractivity contribution in [2.75, 3.05) is 13.7 Å². The molecule has 0 bridgehead atoms. The summed E-state index contributed by atoms with van der Waals surface area (Å²) < 4.78 is 11.0. The number of ether oxygens (including phenoxy) is 1. The van der Waals surface area contributed by atoms with Crippen LogP contribution in [0.4, 0.5) is 0 Å². The summed E-state index contributed by atoms with van der Waals surface area (Å²) in [6.45, 7) is 8.28. The normalized spacial score (nSPS) is 32.4. The Balaban J connectivity index is 1.68. The highest BCUT2D eigenvalue weighted by Crippen LogP contribution is 2.54. The van der Waals surface area contributed by atoms with Crippen molar-refractivity contribution >= 4 is 0 Å². The van der Waals surface area contributed by atoms with Crippen LogP contribution in [0.5, 0.6) is 0 Å². The Morgan fingerprint density at radius 2 is 2.21 bits per heavy atom. The van der Waals surface area contributed by atoms with Gasteiger partial charge in [-0.2, -0.15) is 4.98 Å². The van der Waals surface area contributed by atoms with Gasteiger partial charge in [0.2, 0.25) is 5.89 Å². The van der Waals surface area contributed by atoms with Gasteiger partial charge in [0.1, 0.15) is 0 Å². The van der Waals surface area contributed by atoms with Gasteiger partial charge in [0.25, 0.3) is 0 Å². The Hall–Kier alpha value is -0.940. The van der Waals surface area contributed by atoms with Crippen LogP contribution in [0, 0.1) is 11.3 Å².